The molecule has 0 heterocycles. The van der Waals surface area contributed by atoms with Gasteiger partial charge in [0.1, 0.15) is 0 Å². The van der Waals surface area contributed by atoms with Crippen molar-refractivity contribution in [2.45, 2.75) is 38.6 Å². The van der Waals surface area contributed by atoms with Crippen LogP contribution in [-0.4, -0.2) is 13.0 Å². The molecule has 1 saturated carbocycles. The molecule has 1 amide bonds. The highest BCUT2D eigenvalue weighted by molar-refractivity contribution is 5.90. The number of rotatable bonds is 5. The molecule has 3 heteroatoms. The monoisotopic (exact) mass is 246 g/mol. The van der Waals surface area contributed by atoms with Crippen LogP contribution in [0, 0.1) is 5.92 Å². The number of amides is 1. The Morgan fingerprint density at radius 3 is 2.50 bits per heavy atom. The summed E-state index contributed by atoms with van der Waals surface area (Å²) in [5, 5.41) is 6.08. The van der Waals surface area contributed by atoms with Gasteiger partial charge in [-0.2, -0.15) is 0 Å². The van der Waals surface area contributed by atoms with E-state index in [2.05, 4.69) is 10.6 Å². The SMILES string of the molecule is CNCc1ccc(NC(=O)CC2CCCC2)cc1. The van der Waals surface area contributed by atoms with Crippen LogP contribution in [-0.2, 0) is 11.3 Å². The minimum absolute atomic E-state index is 0.156. The fraction of sp³-hybridized carbons (Fsp3) is 0.533. The molecule has 0 bridgehead atoms. The lowest BCUT2D eigenvalue weighted by atomic mass is 10.0. The number of anilines is 1. The van der Waals surface area contributed by atoms with E-state index in [4.69, 9.17) is 0 Å². The molecule has 0 unspecified atom stereocenters. The van der Waals surface area contributed by atoms with Crippen LogP contribution in [0.25, 0.3) is 0 Å². The average Bonchev–Trinajstić information content (AvgIpc) is 2.84. The molecule has 0 aromatic heterocycles. The highest BCUT2D eigenvalue weighted by atomic mass is 16.1. The largest absolute Gasteiger partial charge is 0.326 e. The molecule has 1 aromatic carbocycles. The lowest BCUT2D eigenvalue weighted by molar-refractivity contribution is -0.117. The van der Waals surface area contributed by atoms with Gasteiger partial charge in [0.05, 0.1) is 0 Å². The van der Waals surface area contributed by atoms with E-state index in [0.29, 0.717) is 12.3 Å². The Hall–Kier alpha value is -1.35. The van der Waals surface area contributed by atoms with E-state index < -0.39 is 0 Å². The van der Waals surface area contributed by atoms with Crippen LogP contribution in [0.4, 0.5) is 5.69 Å². The van der Waals surface area contributed by atoms with Gasteiger partial charge in [-0.1, -0.05) is 25.0 Å². The summed E-state index contributed by atoms with van der Waals surface area (Å²) in [6.45, 7) is 0.857. The van der Waals surface area contributed by atoms with Crippen LogP contribution in [0.1, 0.15) is 37.7 Å². The van der Waals surface area contributed by atoms with Crippen molar-refractivity contribution in [3.05, 3.63) is 29.8 Å². The van der Waals surface area contributed by atoms with Gasteiger partial charge in [0.25, 0.3) is 0 Å². The molecule has 18 heavy (non-hydrogen) atoms. The van der Waals surface area contributed by atoms with Gasteiger partial charge in [-0.05, 0) is 43.5 Å². The standard InChI is InChI=1S/C15H22N2O/c1-16-11-13-6-8-14(9-7-13)17-15(18)10-12-4-2-3-5-12/h6-9,12,16H,2-5,10-11H2,1H3,(H,17,18). The zero-order valence-corrected chi connectivity index (χ0v) is 11.0. The maximum atomic E-state index is 11.9. The Kier molecular flexibility index (Phi) is 4.76. The Morgan fingerprint density at radius 1 is 1.22 bits per heavy atom. The second-order valence-electron chi connectivity index (χ2n) is 5.13. The zero-order valence-electron chi connectivity index (χ0n) is 11.0. The van der Waals surface area contributed by atoms with Gasteiger partial charge in [0, 0.05) is 18.7 Å². The third kappa shape index (κ3) is 3.84. The van der Waals surface area contributed by atoms with Crippen LogP contribution >= 0.6 is 0 Å². The summed E-state index contributed by atoms with van der Waals surface area (Å²) in [5.41, 5.74) is 2.13. The summed E-state index contributed by atoms with van der Waals surface area (Å²) < 4.78 is 0. The minimum atomic E-state index is 0.156. The molecule has 0 atom stereocenters. The number of hydrogen-bond donors (Lipinski definition) is 2. The molecular weight excluding hydrogens is 224 g/mol. The number of benzene rings is 1. The first kappa shape index (κ1) is 13.1. The minimum Gasteiger partial charge on any atom is -0.326 e. The van der Waals surface area contributed by atoms with Crippen LogP contribution in [0.3, 0.4) is 0 Å². The van der Waals surface area contributed by atoms with Crippen molar-refractivity contribution in [3.8, 4) is 0 Å². The number of nitrogens with one attached hydrogen (secondary N) is 2. The van der Waals surface area contributed by atoms with Gasteiger partial charge >= 0.3 is 0 Å². The normalized spacial score (nSPS) is 15.8. The summed E-state index contributed by atoms with van der Waals surface area (Å²) in [7, 11) is 1.93. The van der Waals surface area contributed by atoms with Crippen LogP contribution < -0.4 is 10.6 Å². The molecule has 0 spiro atoms. The Balaban J connectivity index is 1.82. The van der Waals surface area contributed by atoms with E-state index >= 15 is 0 Å². The van der Waals surface area contributed by atoms with Gasteiger partial charge in [-0.25, -0.2) is 0 Å². The third-order valence-electron chi connectivity index (χ3n) is 3.57. The lowest BCUT2D eigenvalue weighted by Crippen LogP contribution is -2.15. The molecule has 1 aliphatic rings. The zero-order chi connectivity index (χ0) is 12.8. The van der Waals surface area contributed by atoms with Crippen molar-refractivity contribution in [2.75, 3.05) is 12.4 Å². The summed E-state index contributed by atoms with van der Waals surface area (Å²) >= 11 is 0. The second-order valence-corrected chi connectivity index (χ2v) is 5.13. The maximum Gasteiger partial charge on any atom is 0.224 e. The Morgan fingerprint density at radius 2 is 1.89 bits per heavy atom. The summed E-state index contributed by atoms with van der Waals surface area (Å²) in [4.78, 5) is 11.9. The molecule has 1 aromatic rings. The number of carbonyl (C=O) groups excluding carboxylic acids is 1. The Bertz CT molecular complexity index is 380. The van der Waals surface area contributed by atoms with Crippen molar-refractivity contribution in [1.29, 1.82) is 0 Å². The van der Waals surface area contributed by atoms with Gasteiger partial charge < -0.3 is 10.6 Å². The van der Waals surface area contributed by atoms with Crippen molar-refractivity contribution >= 4 is 11.6 Å². The van der Waals surface area contributed by atoms with Gasteiger partial charge in [0.2, 0.25) is 5.91 Å². The molecule has 0 radical (unpaired) electrons. The summed E-state index contributed by atoms with van der Waals surface area (Å²) in [6.07, 6.45) is 5.69. The molecule has 1 fully saturated rings. The number of carbonyl (C=O) groups is 1. The van der Waals surface area contributed by atoms with Gasteiger partial charge in [-0.3, -0.25) is 4.79 Å². The van der Waals surface area contributed by atoms with Crippen molar-refractivity contribution in [1.82, 2.24) is 5.32 Å². The molecular formula is C15H22N2O. The molecule has 1 aliphatic carbocycles. The molecule has 3 nitrogen and oxygen atoms in total. The summed E-state index contributed by atoms with van der Waals surface area (Å²) in [6, 6.07) is 8.03. The first-order valence-corrected chi connectivity index (χ1v) is 6.81. The van der Waals surface area contributed by atoms with Crippen LogP contribution in [0.5, 0.6) is 0 Å². The fourth-order valence-electron chi connectivity index (χ4n) is 2.60. The van der Waals surface area contributed by atoms with E-state index in [0.717, 1.165) is 12.2 Å². The fourth-order valence-corrected chi connectivity index (χ4v) is 2.60. The predicted molar refractivity (Wildman–Crippen MR) is 74.4 cm³/mol. The summed E-state index contributed by atoms with van der Waals surface area (Å²) in [5.74, 6) is 0.761. The van der Waals surface area contributed by atoms with E-state index in [1.165, 1.54) is 31.2 Å². The quantitative estimate of drug-likeness (QED) is 0.838. The third-order valence-corrected chi connectivity index (χ3v) is 3.57. The lowest BCUT2D eigenvalue weighted by Gasteiger charge is -2.10. The van der Waals surface area contributed by atoms with Crippen molar-refractivity contribution in [3.63, 3.8) is 0 Å². The molecule has 2 N–H and O–H groups in total. The van der Waals surface area contributed by atoms with E-state index in [1.54, 1.807) is 0 Å². The average molecular weight is 246 g/mol. The van der Waals surface area contributed by atoms with E-state index in [9.17, 15) is 4.79 Å². The van der Waals surface area contributed by atoms with E-state index in [1.807, 2.05) is 31.3 Å². The Labute approximate surface area is 109 Å². The molecule has 2 rings (SSSR count). The smallest absolute Gasteiger partial charge is 0.224 e. The molecule has 98 valence electrons. The first-order chi connectivity index (χ1) is 8.78. The second kappa shape index (κ2) is 6.55. The van der Waals surface area contributed by atoms with Crippen LogP contribution in [0.2, 0.25) is 0 Å². The first-order valence-electron chi connectivity index (χ1n) is 6.81. The predicted octanol–water partition coefficient (Wildman–Crippen LogP) is 2.92. The molecule has 0 aliphatic heterocycles. The van der Waals surface area contributed by atoms with Crippen molar-refractivity contribution < 1.29 is 4.79 Å². The van der Waals surface area contributed by atoms with E-state index in [-0.39, 0.29) is 5.91 Å². The maximum absolute atomic E-state index is 11.9. The van der Waals surface area contributed by atoms with Crippen LogP contribution in [0.15, 0.2) is 24.3 Å². The topological polar surface area (TPSA) is 41.1 Å². The van der Waals surface area contributed by atoms with Gasteiger partial charge in [-0.15, -0.1) is 0 Å². The van der Waals surface area contributed by atoms with Crippen molar-refractivity contribution in [2.24, 2.45) is 5.92 Å². The van der Waals surface area contributed by atoms with Gasteiger partial charge in [0.15, 0.2) is 0 Å². The number of hydrogen-bond acceptors (Lipinski definition) is 2. The highest BCUT2D eigenvalue weighted by Crippen LogP contribution is 2.27. The molecule has 0 saturated heterocycles. The highest BCUT2D eigenvalue weighted by Gasteiger charge is 2.18.